The monoisotopic (exact) mass is 248 g/mol. The van der Waals surface area contributed by atoms with Crippen LogP contribution in [0.4, 0.5) is 0 Å². The van der Waals surface area contributed by atoms with E-state index in [1.807, 2.05) is 6.07 Å². The molecular formula is C16H28N2. The van der Waals surface area contributed by atoms with E-state index in [9.17, 15) is 0 Å². The van der Waals surface area contributed by atoms with Crippen molar-refractivity contribution in [2.24, 2.45) is 17.6 Å². The largest absolute Gasteiger partial charge is 0.324 e. The maximum absolute atomic E-state index is 6.34. The Morgan fingerprint density at radius 1 is 1.06 bits per heavy atom. The first-order valence-electron chi connectivity index (χ1n) is 6.94. The van der Waals surface area contributed by atoms with E-state index >= 15 is 0 Å². The van der Waals surface area contributed by atoms with Crippen LogP contribution < -0.4 is 5.73 Å². The number of benzene rings is 1. The molecule has 1 rings (SSSR count). The predicted octanol–water partition coefficient (Wildman–Crippen LogP) is 3.30. The Hall–Kier alpha value is -0.860. The fourth-order valence-corrected chi connectivity index (χ4v) is 2.25. The molecule has 0 fully saturated rings. The molecule has 0 heterocycles. The van der Waals surface area contributed by atoms with Crippen molar-refractivity contribution in [1.29, 1.82) is 0 Å². The Morgan fingerprint density at radius 2 is 1.61 bits per heavy atom. The van der Waals surface area contributed by atoms with Gasteiger partial charge in [-0.25, -0.2) is 0 Å². The zero-order valence-corrected chi connectivity index (χ0v) is 12.4. The molecule has 102 valence electrons. The summed E-state index contributed by atoms with van der Waals surface area (Å²) in [6, 6.07) is 11.1. The van der Waals surface area contributed by atoms with E-state index in [2.05, 4.69) is 63.9 Å². The summed E-state index contributed by atoms with van der Waals surface area (Å²) in [5.74, 6) is 1.13. The van der Waals surface area contributed by atoms with E-state index in [-0.39, 0.29) is 6.04 Å². The summed E-state index contributed by atoms with van der Waals surface area (Å²) >= 11 is 0. The van der Waals surface area contributed by atoms with Gasteiger partial charge in [-0.15, -0.1) is 0 Å². The van der Waals surface area contributed by atoms with Crippen LogP contribution >= 0.6 is 0 Å². The lowest BCUT2D eigenvalue weighted by Crippen LogP contribution is -2.38. The third-order valence-electron chi connectivity index (χ3n) is 4.03. The van der Waals surface area contributed by atoms with Gasteiger partial charge in [0.15, 0.2) is 0 Å². The van der Waals surface area contributed by atoms with Gasteiger partial charge in [0.2, 0.25) is 0 Å². The fourth-order valence-electron chi connectivity index (χ4n) is 2.25. The van der Waals surface area contributed by atoms with Gasteiger partial charge in [0.1, 0.15) is 0 Å². The first-order chi connectivity index (χ1) is 8.43. The molecule has 1 aromatic rings. The van der Waals surface area contributed by atoms with E-state index in [1.54, 1.807) is 0 Å². The van der Waals surface area contributed by atoms with Crippen LogP contribution in [0.2, 0.25) is 0 Å². The van der Waals surface area contributed by atoms with Crippen molar-refractivity contribution in [3.05, 3.63) is 35.9 Å². The van der Waals surface area contributed by atoms with Crippen molar-refractivity contribution >= 4 is 0 Å². The number of nitrogens with zero attached hydrogens (tertiary/aromatic N) is 1. The minimum Gasteiger partial charge on any atom is -0.324 e. The van der Waals surface area contributed by atoms with Gasteiger partial charge in [0, 0.05) is 18.6 Å². The van der Waals surface area contributed by atoms with Crippen molar-refractivity contribution in [2.75, 3.05) is 13.6 Å². The Labute approximate surface area is 112 Å². The second kappa shape index (κ2) is 6.91. The number of hydrogen-bond acceptors (Lipinski definition) is 2. The zero-order chi connectivity index (χ0) is 13.7. The van der Waals surface area contributed by atoms with Crippen LogP contribution in [0.1, 0.15) is 39.3 Å². The Morgan fingerprint density at radius 3 is 2.11 bits per heavy atom. The fraction of sp³-hybridized carbons (Fsp3) is 0.625. The van der Waals surface area contributed by atoms with E-state index in [4.69, 9.17) is 5.73 Å². The molecule has 0 saturated carbocycles. The third kappa shape index (κ3) is 4.11. The molecule has 0 amide bonds. The quantitative estimate of drug-likeness (QED) is 0.837. The topological polar surface area (TPSA) is 29.3 Å². The molecule has 0 aliphatic carbocycles. The van der Waals surface area contributed by atoms with Gasteiger partial charge in [-0.1, -0.05) is 51.1 Å². The van der Waals surface area contributed by atoms with Crippen LogP contribution in [0.3, 0.4) is 0 Å². The second-order valence-corrected chi connectivity index (χ2v) is 5.84. The van der Waals surface area contributed by atoms with Gasteiger partial charge in [-0.2, -0.15) is 0 Å². The van der Waals surface area contributed by atoms with Crippen molar-refractivity contribution in [1.82, 2.24) is 4.90 Å². The van der Waals surface area contributed by atoms with E-state index < -0.39 is 0 Å². The Bertz CT molecular complexity index is 334. The molecule has 0 aromatic heterocycles. The summed E-state index contributed by atoms with van der Waals surface area (Å²) in [6.45, 7) is 10.1. The van der Waals surface area contributed by atoms with E-state index in [0.29, 0.717) is 17.9 Å². The molecular weight excluding hydrogens is 220 g/mol. The Balaban J connectivity index is 2.57. The molecule has 0 aliphatic heterocycles. The van der Waals surface area contributed by atoms with Crippen molar-refractivity contribution in [3.8, 4) is 0 Å². The van der Waals surface area contributed by atoms with Gasteiger partial charge < -0.3 is 10.6 Å². The maximum atomic E-state index is 6.34. The van der Waals surface area contributed by atoms with Crippen LogP contribution in [0.15, 0.2) is 30.3 Å². The number of hydrogen-bond donors (Lipinski definition) is 1. The standard InChI is InChI=1S/C16H28N2/c1-12(2)14(4)18(5)11-13(3)16(17)15-9-7-6-8-10-15/h6-10,12-14,16H,11,17H2,1-5H3. The van der Waals surface area contributed by atoms with Crippen molar-refractivity contribution < 1.29 is 0 Å². The normalized spacial score (nSPS) is 16.9. The predicted molar refractivity (Wildman–Crippen MR) is 79.5 cm³/mol. The SMILES string of the molecule is CC(C)C(C)N(C)CC(C)C(N)c1ccccc1. The van der Waals surface area contributed by atoms with Crippen LogP contribution in [0.25, 0.3) is 0 Å². The van der Waals surface area contributed by atoms with Gasteiger partial charge in [0.25, 0.3) is 0 Å². The molecule has 0 spiro atoms. The lowest BCUT2D eigenvalue weighted by molar-refractivity contribution is 0.174. The highest BCUT2D eigenvalue weighted by molar-refractivity contribution is 5.19. The lowest BCUT2D eigenvalue weighted by Gasteiger charge is -2.32. The smallest absolute Gasteiger partial charge is 0.0333 e. The second-order valence-electron chi connectivity index (χ2n) is 5.84. The van der Waals surface area contributed by atoms with E-state index in [1.165, 1.54) is 5.56 Å². The summed E-state index contributed by atoms with van der Waals surface area (Å²) in [6.07, 6.45) is 0. The molecule has 0 radical (unpaired) electrons. The average molecular weight is 248 g/mol. The van der Waals surface area contributed by atoms with Gasteiger partial charge >= 0.3 is 0 Å². The first-order valence-corrected chi connectivity index (χ1v) is 6.94. The van der Waals surface area contributed by atoms with Gasteiger partial charge in [-0.05, 0) is 31.4 Å². The molecule has 0 aliphatic rings. The molecule has 2 N–H and O–H groups in total. The zero-order valence-electron chi connectivity index (χ0n) is 12.4. The molecule has 3 atom stereocenters. The minimum absolute atomic E-state index is 0.119. The molecule has 0 bridgehead atoms. The maximum Gasteiger partial charge on any atom is 0.0333 e. The van der Waals surface area contributed by atoms with Crippen molar-refractivity contribution in [2.45, 2.75) is 39.8 Å². The van der Waals surface area contributed by atoms with Crippen LogP contribution in [-0.2, 0) is 0 Å². The third-order valence-corrected chi connectivity index (χ3v) is 4.03. The van der Waals surface area contributed by atoms with Crippen molar-refractivity contribution in [3.63, 3.8) is 0 Å². The number of rotatable bonds is 6. The highest BCUT2D eigenvalue weighted by Crippen LogP contribution is 2.21. The first kappa shape index (κ1) is 15.2. The lowest BCUT2D eigenvalue weighted by atomic mass is 9.94. The van der Waals surface area contributed by atoms with Crippen LogP contribution in [0.5, 0.6) is 0 Å². The Kier molecular flexibility index (Phi) is 5.83. The molecule has 2 nitrogen and oxygen atoms in total. The van der Waals surface area contributed by atoms with Gasteiger partial charge in [0.05, 0.1) is 0 Å². The number of nitrogens with two attached hydrogens (primary N) is 1. The molecule has 0 saturated heterocycles. The summed E-state index contributed by atoms with van der Waals surface area (Å²) in [4.78, 5) is 2.41. The highest BCUT2D eigenvalue weighted by atomic mass is 15.1. The molecule has 3 unspecified atom stereocenters. The molecule has 2 heteroatoms. The van der Waals surface area contributed by atoms with Gasteiger partial charge in [-0.3, -0.25) is 0 Å². The molecule has 18 heavy (non-hydrogen) atoms. The summed E-state index contributed by atoms with van der Waals surface area (Å²) < 4.78 is 0. The van der Waals surface area contributed by atoms with Crippen LogP contribution in [0, 0.1) is 11.8 Å². The highest BCUT2D eigenvalue weighted by Gasteiger charge is 2.20. The summed E-state index contributed by atoms with van der Waals surface area (Å²) in [5, 5.41) is 0. The van der Waals surface area contributed by atoms with E-state index in [0.717, 1.165) is 6.54 Å². The van der Waals surface area contributed by atoms with Crippen LogP contribution in [-0.4, -0.2) is 24.5 Å². The summed E-state index contributed by atoms with van der Waals surface area (Å²) in [5.41, 5.74) is 7.57. The average Bonchev–Trinajstić information content (AvgIpc) is 2.37. The summed E-state index contributed by atoms with van der Waals surface area (Å²) in [7, 11) is 2.19. The molecule has 1 aromatic carbocycles. The minimum atomic E-state index is 0.119.